The van der Waals surface area contributed by atoms with Crippen LogP contribution in [-0.2, 0) is 19.8 Å². The van der Waals surface area contributed by atoms with Gasteiger partial charge in [-0.1, -0.05) is 40.9 Å². The molecule has 12 heteroatoms. The molecule has 0 radical (unpaired) electrons. The maximum atomic E-state index is 12.8. The smallest absolute Gasteiger partial charge is 0.416 e. The second kappa shape index (κ2) is 9.48. The number of rotatable bonds is 5. The molecule has 2 heterocycles. The molecule has 0 aliphatic heterocycles. The highest BCUT2D eigenvalue weighted by Crippen LogP contribution is 2.33. The van der Waals surface area contributed by atoms with Crippen LogP contribution in [0, 0.1) is 0 Å². The van der Waals surface area contributed by atoms with Gasteiger partial charge in [0, 0.05) is 24.2 Å². The van der Waals surface area contributed by atoms with Crippen LogP contribution in [0.25, 0.3) is 11.3 Å². The lowest BCUT2D eigenvalue weighted by atomic mass is 10.2. The Morgan fingerprint density at radius 1 is 1.23 bits per heavy atom. The Labute approximate surface area is 199 Å². The zero-order chi connectivity index (χ0) is 21.4. The van der Waals surface area contributed by atoms with Crippen molar-refractivity contribution >= 4 is 68.9 Å². The van der Waals surface area contributed by atoms with E-state index in [1.807, 2.05) is 0 Å². The Balaban J connectivity index is 0.00000320. The van der Waals surface area contributed by atoms with Gasteiger partial charge in [-0.2, -0.15) is 13.2 Å². The fraction of sp³-hybridized carbons (Fsp3) is 0.222. The van der Waals surface area contributed by atoms with Gasteiger partial charge in [0.05, 0.1) is 17.0 Å². The number of carbonyl (C=O) groups excluding carboxylic acids is 1. The van der Waals surface area contributed by atoms with Crippen LogP contribution < -0.4 is 4.74 Å². The highest BCUT2D eigenvalue weighted by Gasteiger charge is 2.34. The quantitative estimate of drug-likeness (QED) is 0.251. The molecule has 0 aliphatic rings. The molecule has 30 heavy (non-hydrogen) atoms. The van der Waals surface area contributed by atoms with E-state index in [0.29, 0.717) is 16.3 Å². The lowest BCUT2D eigenvalue weighted by Crippen LogP contribution is -2.21. The van der Waals surface area contributed by atoms with Crippen molar-refractivity contribution in [2.24, 2.45) is 7.05 Å². The Kier molecular flexibility index (Phi) is 7.90. The molecule has 0 atom stereocenters. The molecule has 0 saturated carbocycles. The van der Waals surface area contributed by atoms with E-state index in [1.165, 1.54) is 28.0 Å². The number of Topliss-reactive ketones (excluding diaryl/α,β-unsaturated/α-hetero) is 1. The molecule has 0 fully saturated rings. The van der Waals surface area contributed by atoms with Crippen LogP contribution in [0.15, 0.2) is 41.9 Å². The minimum Gasteiger partial charge on any atom is -0.486 e. The average molecular weight is 565 g/mol. The summed E-state index contributed by atoms with van der Waals surface area (Å²) >= 11 is 18.2. The van der Waals surface area contributed by atoms with Crippen LogP contribution in [0.3, 0.4) is 0 Å². The van der Waals surface area contributed by atoms with Crippen molar-refractivity contribution in [1.82, 2.24) is 9.55 Å². The van der Waals surface area contributed by atoms with Crippen molar-refractivity contribution in [2.75, 3.05) is 0 Å². The normalized spacial score (nSPS) is 11.8. The summed E-state index contributed by atoms with van der Waals surface area (Å²) in [5.41, 5.74) is 0.614. The lowest BCUT2D eigenvalue weighted by molar-refractivity contribution is -0.137. The van der Waals surface area contributed by atoms with Crippen molar-refractivity contribution < 1.29 is 22.7 Å². The van der Waals surface area contributed by atoms with E-state index >= 15 is 0 Å². The molecule has 2 aromatic heterocycles. The van der Waals surface area contributed by atoms with E-state index < -0.39 is 21.3 Å². The molecule has 0 aliphatic carbocycles. The van der Waals surface area contributed by atoms with Crippen LogP contribution in [0.2, 0.25) is 0 Å². The van der Waals surface area contributed by atoms with Crippen LogP contribution in [0.4, 0.5) is 13.2 Å². The molecular formula is C18H13BrCl3F3N2O2S. The van der Waals surface area contributed by atoms with Gasteiger partial charge in [-0.3, -0.25) is 4.79 Å². The Morgan fingerprint density at radius 2 is 1.93 bits per heavy atom. The van der Waals surface area contributed by atoms with Gasteiger partial charge < -0.3 is 9.30 Å². The maximum Gasteiger partial charge on any atom is 0.416 e. The van der Waals surface area contributed by atoms with Crippen LogP contribution in [0.5, 0.6) is 5.75 Å². The zero-order valence-corrected chi connectivity index (χ0v) is 19.8. The molecule has 162 valence electrons. The molecule has 3 aromatic rings. The summed E-state index contributed by atoms with van der Waals surface area (Å²) in [7, 11) is 1.64. The third-order valence-electron chi connectivity index (χ3n) is 3.87. The molecule has 0 unspecified atom stereocenters. The molecule has 1 aromatic carbocycles. The largest absolute Gasteiger partial charge is 0.486 e. The van der Waals surface area contributed by atoms with Gasteiger partial charge in [0.25, 0.3) is 3.79 Å². The minimum atomic E-state index is -4.44. The molecular weight excluding hydrogens is 552 g/mol. The Morgan fingerprint density at radius 3 is 2.57 bits per heavy atom. The Hall–Kier alpha value is -1.26. The van der Waals surface area contributed by atoms with E-state index in [0.717, 1.165) is 12.1 Å². The predicted molar refractivity (Wildman–Crippen MR) is 117 cm³/mol. The first-order valence-corrected chi connectivity index (χ1v) is 9.99. The number of thiazole rings is 1. The summed E-state index contributed by atoms with van der Waals surface area (Å²) in [6, 6.07) is 6.17. The molecule has 0 amide bonds. The molecule has 0 N–H and O–H groups in total. The zero-order valence-electron chi connectivity index (χ0n) is 15.0. The van der Waals surface area contributed by atoms with E-state index in [1.54, 1.807) is 24.7 Å². The summed E-state index contributed by atoms with van der Waals surface area (Å²) < 4.78 is 43.2. The highest BCUT2D eigenvalue weighted by molar-refractivity contribution is 8.93. The SMILES string of the molecule is Br.Cn1cc(-c2csc(COc3cccc(C(F)(F)F)c3)n2)cc1C(=O)C(Cl)(Cl)Cl. The minimum absolute atomic E-state index is 0. The number of ketones is 1. The van der Waals surface area contributed by atoms with E-state index in [2.05, 4.69) is 4.98 Å². The van der Waals surface area contributed by atoms with Gasteiger partial charge in [-0.25, -0.2) is 4.98 Å². The van der Waals surface area contributed by atoms with Crippen molar-refractivity contribution in [3.8, 4) is 17.0 Å². The second-order valence-electron chi connectivity index (χ2n) is 5.99. The number of aryl methyl sites for hydroxylation is 1. The molecule has 3 rings (SSSR count). The molecule has 0 bridgehead atoms. The summed E-state index contributed by atoms with van der Waals surface area (Å²) in [6.45, 7) is -0.00124. The number of benzene rings is 1. The van der Waals surface area contributed by atoms with Crippen molar-refractivity contribution in [2.45, 2.75) is 16.6 Å². The standard InChI is InChI=1S/C18H12Cl3F3N2O2S.BrH/c1-26-7-10(5-14(26)16(27)17(19,20)21)13-9-29-15(25-13)8-28-12-4-2-3-11(6-12)18(22,23)24;/h2-7,9H,8H2,1H3;1H. The molecule has 4 nitrogen and oxygen atoms in total. The van der Waals surface area contributed by atoms with Gasteiger partial charge in [0.2, 0.25) is 5.78 Å². The average Bonchev–Trinajstić information content (AvgIpc) is 3.24. The highest BCUT2D eigenvalue weighted by atomic mass is 79.9. The number of hydrogen-bond acceptors (Lipinski definition) is 4. The lowest BCUT2D eigenvalue weighted by Gasteiger charge is -2.09. The molecule has 0 saturated heterocycles. The second-order valence-corrected chi connectivity index (χ2v) is 9.22. The van der Waals surface area contributed by atoms with Gasteiger partial charge in [0.15, 0.2) is 0 Å². The summed E-state index contributed by atoms with van der Waals surface area (Å²) in [6.07, 6.45) is -2.78. The summed E-state index contributed by atoms with van der Waals surface area (Å²) in [4.78, 5) is 16.6. The number of halogens is 7. The topological polar surface area (TPSA) is 44.1 Å². The summed E-state index contributed by atoms with van der Waals surface area (Å²) in [5, 5.41) is 2.29. The van der Waals surface area contributed by atoms with E-state index in [4.69, 9.17) is 39.5 Å². The number of aromatic nitrogens is 2. The number of carbonyl (C=O) groups is 1. The fourth-order valence-electron chi connectivity index (χ4n) is 2.49. The van der Waals surface area contributed by atoms with Gasteiger partial charge in [-0.05, 0) is 24.3 Å². The van der Waals surface area contributed by atoms with Gasteiger partial charge >= 0.3 is 6.18 Å². The molecule has 0 spiro atoms. The third-order valence-corrected chi connectivity index (χ3v) is 5.20. The predicted octanol–water partition coefficient (Wildman–Crippen LogP) is 6.88. The number of nitrogens with zero attached hydrogens (tertiary/aromatic N) is 2. The van der Waals surface area contributed by atoms with E-state index in [-0.39, 0.29) is 35.0 Å². The van der Waals surface area contributed by atoms with Crippen molar-refractivity contribution in [3.63, 3.8) is 0 Å². The first-order valence-electron chi connectivity index (χ1n) is 7.98. The summed E-state index contributed by atoms with van der Waals surface area (Å²) in [5.74, 6) is -0.577. The van der Waals surface area contributed by atoms with Crippen LogP contribution in [-0.4, -0.2) is 19.1 Å². The fourth-order valence-corrected chi connectivity index (χ4v) is 3.50. The Bertz CT molecular complexity index is 1050. The van der Waals surface area contributed by atoms with Gasteiger partial charge in [0.1, 0.15) is 17.4 Å². The number of hydrogen-bond donors (Lipinski definition) is 0. The number of ether oxygens (including phenoxy) is 1. The van der Waals surface area contributed by atoms with Crippen molar-refractivity contribution in [1.29, 1.82) is 0 Å². The maximum absolute atomic E-state index is 12.8. The first-order chi connectivity index (χ1) is 13.4. The van der Waals surface area contributed by atoms with Crippen LogP contribution >= 0.6 is 63.1 Å². The first kappa shape index (κ1) is 25.0. The number of alkyl halides is 6. The van der Waals surface area contributed by atoms with Crippen LogP contribution in [0.1, 0.15) is 21.1 Å². The van der Waals surface area contributed by atoms with Crippen molar-refractivity contribution in [3.05, 3.63) is 58.2 Å². The van der Waals surface area contributed by atoms with Gasteiger partial charge in [-0.15, -0.1) is 28.3 Å². The van der Waals surface area contributed by atoms with E-state index in [9.17, 15) is 18.0 Å². The third kappa shape index (κ3) is 5.91. The monoisotopic (exact) mass is 562 g/mol.